The van der Waals surface area contributed by atoms with Crippen LogP contribution in [0.3, 0.4) is 0 Å². The lowest BCUT2D eigenvalue weighted by molar-refractivity contribution is -0.144. The molecule has 7 heterocycles. The molecule has 0 radical (unpaired) electrons. The monoisotopic (exact) mass is 1530 g/mol. The van der Waals surface area contributed by atoms with Gasteiger partial charge in [0.1, 0.15) is 0 Å². The first-order valence-electron chi connectivity index (χ1n) is 42.7. The Morgan fingerprint density at radius 2 is 0.916 bits per heavy atom. The van der Waals surface area contributed by atoms with E-state index >= 15 is 0 Å². The van der Waals surface area contributed by atoms with E-state index in [4.69, 9.17) is 4.74 Å². The Labute approximate surface area is 674 Å². The van der Waals surface area contributed by atoms with E-state index in [1.165, 1.54) is 148 Å². The maximum atomic E-state index is 11.9. The number of nitrogens with zero attached hydrogens (tertiary/aromatic N) is 8. The highest BCUT2D eigenvalue weighted by atomic mass is 32.1. The quantitative estimate of drug-likeness (QED) is 0.173. The van der Waals surface area contributed by atoms with Crippen molar-refractivity contribution in [3.63, 3.8) is 0 Å². The van der Waals surface area contributed by atoms with Crippen molar-refractivity contribution in [2.24, 2.45) is 87.5 Å². The average molecular weight is 1530 g/mol. The molecule has 0 aromatic carbocycles. The minimum Gasteiger partial charge on any atom is -0.381 e. The summed E-state index contributed by atoms with van der Waals surface area (Å²) in [6.07, 6.45) is 33.3. The number of hydrogen-bond donors (Lipinski definition) is 0. The third-order valence-corrected chi connectivity index (χ3v) is 26.5. The zero-order valence-electron chi connectivity index (χ0n) is 78.8. The van der Waals surface area contributed by atoms with Crippen LogP contribution < -0.4 is 0 Å². The van der Waals surface area contributed by atoms with E-state index < -0.39 is 0 Å². The van der Waals surface area contributed by atoms with Gasteiger partial charge in [-0.2, -0.15) is 5.10 Å². The number of imidazole rings is 1. The van der Waals surface area contributed by atoms with Crippen LogP contribution in [0.5, 0.6) is 0 Å². The molecule has 3 saturated heterocycles. The van der Waals surface area contributed by atoms with Gasteiger partial charge >= 0.3 is 0 Å². The first-order chi connectivity index (χ1) is 48.2. The average Bonchev–Trinajstić information content (AvgIpc) is 1.80. The topological polar surface area (TPSA) is 94.2 Å². The van der Waals surface area contributed by atoms with E-state index in [0.717, 1.165) is 61.2 Å². The number of amides is 1. The zero-order valence-corrected chi connectivity index (χ0v) is 80.5. The second-order valence-electron chi connectivity index (χ2n) is 45.2. The summed E-state index contributed by atoms with van der Waals surface area (Å²) >= 11 is 3.59. The van der Waals surface area contributed by atoms with Crippen LogP contribution in [0.25, 0.3) is 0 Å². The van der Waals surface area contributed by atoms with Gasteiger partial charge in [0, 0.05) is 102 Å². The second-order valence-corrected chi connectivity index (χ2v) is 47.7. The van der Waals surface area contributed by atoms with Crippen molar-refractivity contribution in [2.45, 2.75) is 406 Å². The number of aromatic nitrogens is 6. The fraction of sp³-hybridized carbons (Fsp3) is 0.863. The molecular weight excluding hydrogens is 1350 g/mol. The molecule has 4 aromatic rings. The van der Waals surface area contributed by atoms with E-state index in [2.05, 4.69) is 300 Å². The normalized spacial score (nSPS) is 19.9. The number of hydrogen-bond acceptors (Lipinski definition) is 9. The molecule has 0 spiro atoms. The van der Waals surface area contributed by atoms with Gasteiger partial charge < -0.3 is 14.2 Å². The highest BCUT2D eigenvalue weighted by molar-refractivity contribution is 7.12. The number of piperidine rings is 1. The van der Waals surface area contributed by atoms with Crippen LogP contribution in [0.4, 0.5) is 0 Å². The fourth-order valence-corrected chi connectivity index (χ4v) is 15.9. The zero-order chi connectivity index (χ0) is 83.1. The summed E-state index contributed by atoms with van der Waals surface area (Å²) in [6.45, 7) is 91.0. The number of aryl methyl sites for hydroxylation is 5. The second kappa shape index (κ2) is 43.0. The van der Waals surface area contributed by atoms with Crippen molar-refractivity contribution in [3.05, 3.63) is 67.8 Å². The number of thiazole rings is 2. The standard InChI is InChI=1S/C11H21NO.C10H20.C9H15NS.C9H18O.C9H18.2C8H14N2.C8H13NS.C8H17N.C8H16.C7H14/c1-8-6-7-12(5)10(13)9(8)11(2,3)4;1-10(2,3)9-7-5-4-6-8-9;1-6-7(2)11-8(10-6)9(3,4)5;1-9(2,3)8-4-6-10-7-5-8;1-8(2,3)9(4)6-5-7-9;1-8(2,3)7-5-10(4)6-9-7;1-8(2,3)7-5-6-10(4)9-7;1-6-5-9-7(10-6)8(2,3)4;1-8(2,3)9-6-4-5-7-9;1-8(2,3)7-5-4-6-7;1-7(2,3)6-4-5-6/h8-9H,6-7H2,1-5H3;9H,4-8H2,1-3H3;1-5H3;8H,4-7H2,1-3H3;5-7H2,1-4H3;2*5-6H,1-4H3;5H,1-4H3;4-7H2,1-3H3;7H,4-6H2,1-3H3;6H,4-5H2,1-3H3/t8-,9?;;;;;;;;;;/m0........../s1. The summed E-state index contributed by atoms with van der Waals surface area (Å²) in [4.78, 5) is 32.0. The Bertz CT molecular complexity index is 2860. The Balaban J connectivity index is 0.000000590. The molecule has 1 unspecified atom stereocenters. The van der Waals surface area contributed by atoms with Crippen LogP contribution in [0.1, 0.15) is 395 Å². The Morgan fingerprint density at radius 1 is 0.477 bits per heavy atom. The predicted octanol–water partition coefficient (Wildman–Crippen LogP) is 27.8. The highest BCUT2D eigenvalue weighted by Crippen LogP contribution is 2.53. The maximum Gasteiger partial charge on any atom is 0.226 e. The van der Waals surface area contributed by atoms with Crippen molar-refractivity contribution in [2.75, 3.05) is 39.9 Å². The molecule has 12 heteroatoms. The Kier molecular flexibility index (Phi) is 41.0. The molecule has 0 N–H and O–H groups in total. The van der Waals surface area contributed by atoms with E-state index in [0.29, 0.717) is 49.9 Å². The van der Waals surface area contributed by atoms with Gasteiger partial charge in [0.2, 0.25) is 5.91 Å². The molecule has 2 atom stereocenters. The van der Waals surface area contributed by atoms with Gasteiger partial charge in [0.15, 0.2) is 0 Å². The first-order valence-corrected chi connectivity index (χ1v) is 44.3. The van der Waals surface area contributed by atoms with Gasteiger partial charge in [-0.1, -0.05) is 254 Å². The largest absolute Gasteiger partial charge is 0.381 e. The van der Waals surface area contributed by atoms with Crippen molar-refractivity contribution in [3.8, 4) is 0 Å². The van der Waals surface area contributed by atoms with Crippen molar-refractivity contribution in [1.82, 2.24) is 39.1 Å². The summed E-state index contributed by atoms with van der Waals surface area (Å²) in [6, 6.07) is 2.06. The van der Waals surface area contributed by atoms with Crippen LogP contribution >= 0.6 is 22.7 Å². The molecule has 4 saturated carbocycles. The number of carbonyl (C=O) groups is 1. The summed E-state index contributed by atoms with van der Waals surface area (Å²) in [5.41, 5.74) is 8.25. The first kappa shape index (κ1) is 102. The van der Waals surface area contributed by atoms with Crippen molar-refractivity contribution < 1.29 is 9.53 Å². The SMILES string of the molecule is CC(C)(C)C1(C)CCC1.CC(C)(C)C1CC1.CC(C)(C)C1CCC1.CC(C)(C)C1CCCCC1.CC(C)(C)C1CCOCC1.CC(C)(C)N1CCCC1.C[C@H]1CCN(C)C(=O)C1C(C)(C)C.Cc1cnc(C(C)(C)C)s1.Cc1nc(C(C)(C)C)sc1C.Cn1ccc(C(C)(C)C)n1.Cn1cnc(C(C)(C)C)c1. The molecule has 10 nitrogen and oxygen atoms in total. The van der Waals surface area contributed by atoms with E-state index in [1.54, 1.807) is 11.3 Å². The molecule has 107 heavy (non-hydrogen) atoms. The molecular formula is C95H180N8O2S2. The minimum absolute atomic E-state index is 0.102. The highest BCUT2D eigenvalue weighted by Gasteiger charge is 2.43. The molecule has 3 aliphatic heterocycles. The van der Waals surface area contributed by atoms with Gasteiger partial charge in [0.25, 0.3) is 0 Å². The summed E-state index contributed by atoms with van der Waals surface area (Å²) in [7, 11) is 5.84. The number of carbonyl (C=O) groups excluding carboxylic acids is 1. The van der Waals surface area contributed by atoms with Crippen molar-refractivity contribution in [1.29, 1.82) is 0 Å². The lowest BCUT2D eigenvalue weighted by atomic mass is 9.56. The van der Waals surface area contributed by atoms with Crippen molar-refractivity contribution >= 4 is 28.6 Å². The summed E-state index contributed by atoms with van der Waals surface area (Å²) in [5.74, 6) is 5.01. The minimum atomic E-state index is 0.102. The molecule has 4 aromatic heterocycles. The van der Waals surface area contributed by atoms with E-state index in [1.807, 2.05) is 65.3 Å². The van der Waals surface area contributed by atoms with Crippen LogP contribution in [0, 0.1) is 94.2 Å². The number of ether oxygens (including phenoxy) is 1. The van der Waals surface area contributed by atoms with Crippen LogP contribution in [-0.4, -0.2) is 90.4 Å². The number of rotatable bonds is 0. The summed E-state index contributed by atoms with van der Waals surface area (Å²) in [5, 5.41) is 6.77. The molecule has 7 fully saturated rings. The third-order valence-electron chi connectivity index (χ3n) is 23.7. The lowest BCUT2D eigenvalue weighted by Crippen LogP contribution is -2.47. The van der Waals surface area contributed by atoms with Gasteiger partial charge in [-0.05, 0) is 212 Å². The molecule has 7 aliphatic rings. The maximum absolute atomic E-state index is 11.9. The molecule has 1 amide bonds. The molecule has 624 valence electrons. The Morgan fingerprint density at radius 3 is 1.11 bits per heavy atom. The smallest absolute Gasteiger partial charge is 0.226 e. The van der Waals surface area contributed by atoms with Crippen LogP contribution in [0.15, 0.2) is 31.0 Å². The van der Waals surface area contributed by atoms with Gasteiger partial charge in [-0.15, -0.1) is 22.7 Å². The van der Waals surface area contributed by atoms with Gasteiger partial charge in [-0.25, -0.2) is 15.0 Å². The Hall–Kier alpha value is -2.93. The van der Waals surface area contributed by atoms with Gasteiger partial charge in [0.05, 0.1) is 33.4 Å². The van der Waals surface area contributed by atoms with E-state index in [-0.39, 0.29) is 33.0 Å². The molecule has 11 rings (SSSR count). The third kappa shape index (κ3) is 40.1. The lowest BCUT2D eigenvalue weighted by Gasteiger charge is -2.49. The number of likely N-dealkylation sites (tertiary alicyclic amines) is 2. The van der Waals surface area contributed by atoms with Crippen LogP contribution in [0.2, 0.25) is 0 Å². The predicted molar refractivity (Wildman–Crippen MR) is 474 cm³/mol. The van der Waals surface area contributed by atoms with Gasteiger partial charge in [-0.3, -0.25) is 14.4 Å². The van der Waals surface area contributed by atoms with E-state index in [9.17, 15) is 4.79 Å². The van der Waals surface area contributed by atoms with Crippen LogP contribution in [-0.2, 0) is 45.3 Å². The molecule has 4 aliphatic carbocycles. The fourth-order valence-electron chi connectivity index (χ4n) is 14.1. The summed E-state index contributed by atoms with van der Waals surface area (Å²) < 4.78 is 9.10. The molecule has 0 bridgehead atoms.